The third kappa shape index (κ3) is 3.39. The molecule has 0 aliphatic rings. The molecule has 1 aromatic rings. The van der Waals surface area contributed by atoms with Crippen molar-refractivity contribution < 1.29 is 13.3 Å². The summed E-state index contributed by atoms with van der Waals surface area (Å²) in [6, 6.07) is 3.04. The van der Waals surface area contributed by atoms with Crippen LogP contribution in [-0.2, 0) is 10.0 Å². The Morgan fingerprint density at radius 2 is 2.00 bits per heavy atom. The molecule has 0 amide bonds. The number of nitrogens with one attached hydrogen (secondary N) is 1. The van der Waals surface area contributed by atoms with Gasteiger partial charge in [-0.2, -0.15) is 0 Å². The fraction of sp³-hybridized carbons (Fsp3) is 0.333. The molecule has 94 valence electrons. The van der Waals surface area contributed by atoms with Gasteiger partial charge in [0, 0.05) is 17.1 Å². The summed E-state index contributed by atoms with van der Waals surface area (Å²) in [5.41, 5.74) is -0.498. The number of rotatable bonds is 4. The van der Waals surface area contributed by atoms with Crippen molar-refractivity contribution in [1.82, 2.24) is 4.72 Å². The van der Waals surface area contributed by atoms with Gasteiger partial charge in [-0.1, -0.05) is 11.6 Å². The van der Waals surface area contributed by atoms with Gasteiger partial charge in [0.15, 0.2) is 4.90 Å². The van der Waals surface area contributed by atoms with E-state index in [1.54, 1.807) is 13.8 Å². The molecule has 0 bridgehead atoms. The van der Waals surface area contributed by atoms with Crippen LogP contribution in [0.4, 0.5) is 5.69 Å². The standard InChI is InChI=1S/C9H11ClN2O4S/c1-6(2)11-17(15,16)9-5-7(10)3-4-8(9)12(13)14/h3-6,11H,1-2H3. The fourth-order valence-corrected chi connectivity index (χ4v) is 2.91. The molecule has 0 heterocycles. The lowest BCUT2D eigenvalue weighted by atomic mass is 10.3. The van der Waals surface area contributed by atoms with Gasteiger partial charge in [0.05, 0.1) is 4.92 Å². The predicted molar refractivity (Wildman–Crippen MR) is 63.6 cm³/mol. The highest BCUT2D eigenvalue weighted by Crippen LogP contribution is 2.26. The smallest absolute Gasteiger partial charge is 0.258 e. The second kappa shape index (κ2) is 4.99. The van der Waals surface area contributed by atoms with Crippen LogP contribution in [0.15, 0.2) is 23.1 Å². The molecule has 0 unspecified atom stereocenters. The number of hydrogen-bond acceptors (Lipinski definition) is 4. The van der Waals surface area contributed by atoms with Crippen LogP contribution in [0.3, 0.4) is 0 Å². The largest absolute Gasteiger partial charge is 0.289 e. The molecule has 0 aliphatic carbocycles. The molecule has 0 saturated heterocycles. The summed E-state index contributed by atoms with van der Waals surface area (Å²) in [7, 11) is -3.93. The normalized spacial score (nSPS) is 11.8. The first kappa shape index (κ1) is 13.9. The molecule has 0 aliphatic heterocycles. The number of nitro benzene ring substituents is 1. The van der Waals surface area contributed by atoms with Gasteiger partial charge < -0.3 is 0 Å². The van der Waals surface area contributed by atoms with Crippen molar-refractivity contribution in [3.63, 3.8) is 0 Å². The Labute approximate surface area is 104 Å². The first-order chi connectivity index (χ1) is 7.74. The summed E-state index contributed by atoms with van der Waals surface area (Å²) >= 11 is 5.65. The lowest BCUT2D eigenvalue weighted by Gasteiger charge is -2.09. The van der Waals surface area contributed by atoms with Crippen LogP contribution in [0.5, 0.6) is 0 Å². The van der Waals surface area contributed by atoms with Gasteiger partial charge in [0.25, 0.3) is 5.69 Å². The molecule has 1 rings (SSSR count). The van der Waals surface area contributed by atoms with Gasteiger partial charge in [-0.25, -0.2) is 13.1 Å². The van der Waals surface area contributed by atoms with E-state index in [1.165, 1.54) is 6.07 Å². The van der Waals surface area contributed by atoms with Gasteiger partial charge in [-0.15, -0.1) is 0 Å². The van der Waals surface area contributed by atoms with Gasteiger partial charge in [0.1, 0.15) is 0 Å². The van der Waals surface area contributed by atoms with Crippen LogP contribution in [0, 0.1) is 10.1 Å². The molecule has 1 aromatic carbocycles. The summed E-state index contributed by atoms with van der Waals surface area (Å²) < 4.78 is 26.0. The average Bonchev–Trinajstić information content (AvgIpc) is 2.14. The lowest BCUT2D eigenvalue weighted by Crippen LogP contribution is -2.30. The van der Waals surface area contributed by atoms with Crippen molar-refractivity contribution in [2.75, 3.05) is 0 Å². The Morgan fingerprint density at radius 3 is 2.47 bits per heavy atom. The maximum atomic E-state index is 11.8. The number of halogens is 1. The minimum Gasteiger partial charge on any atom is -0.258 e. The van der Waals surface area contributed by atoms with Gasteiger partial charge in [-0.3, -0.25) is 10.1 Å². The topological polar surface area (TPSA) is 89.3 Å². The Bertz CT molecular complexity index is 542. The maximum Gasteiger partial charge on any atom is 0.289 e. The van der Waals surface area contributed by atoms with Crippen molar-refractivity contribution in [3.05, 3.63) is 33.3 Å². The summed E-state index contributed by atoms with van der Waals surface area (Å²) in [6.07, 6.45) is 0. The third-order valence-electron chi connectivity index (χ3n) is 1.80. The van der Waals surface area contributed by atoms with Crippen LogP contribution < -0.4 is 4.72 Å². The highest BCUT2D eigenvalue weighted by molar-refractivity contribution is 7.89. The molecule has 8 heteroatoms. The van der Waals surface area contributed by atoms with Crippen LogP contribution in [0.2, 0.25) is 5.02 Å². The van der Waals surface area contributed by atoms with E-state index in [2.05, 4.69) is 4.72 Å². The summed E-state index contributed by atoms with van der Waals surface area (Å²) in [4.78, 5) is 9.55. The Balaban J connectivity index is 3.38. The summed E-state index contributed by atoms with van der Waals surface area (Å²) in [5.74, 6) is 0. The number of nitrogens with zero attached hydrogens (tertiary/aromatic N) is 1. The fourth-order valence-electron chi connectivity index (χ4n) is 1.23. The van der Waals surface area contributed by atoms with E-state index in [4.69, 9.17) is 11.6 Å². The molecular weight excluding hydrogens is 268 g/mol. The van der Waals surface area contributed by atoms with E-state index in [-0.39, 0.29) is 11.1 Å². The van der Waals surface area contributed by atoms with E-state index < -0.39 is 25.5 Å². The van der Waals surface area contributed by atoms with Crippen LogP contribution >= 0.6 is 11.6 Å². The zero-order valence-electron chi connectivity index (χ0n) is 9.18. The highest BCUT2D eigenvalue weighted by atomic mass is 35.5. The van der Waals surface area contributed by atoms with E-state index in [0.717, 1.165) is 12.1 Å². The molecule has 0 spiro atoms. The zero-order chi connectivity index (χ0) is 13.2. The molecule has 0 aromatic heterocycles. The highest BCUT2D eigenvalue weighted by Gasteiger charge is 2.26. The van der Waals surface area contributed by atoms with Crippen molar-refractivity contribution in [1.29, 1.82) is 0 Å². The van der Waals surface area contributed by atoms with Crippen molar-refractivity contribution >= 4 is 27.3 Å². The number of hydrogen-bond donors (Lipinski definition) is 1. The van der Waals surface area contributed by atoms with E-state index in [9.17, 15) is 18.5 Å². The van der Waals surface area contributed by atoms with Gasteiger partial charge in [-0.05, 0) is 26.0 Å². The molecule has 17 heavy (non-hydrogen) atoms. The summed E-state index contributed by atoms with van der Waals surface area (Å²) in [5, 5.41) is 10.9. The minimum absolute atomic E-state index is 0.125. The van der Waals surface area contributed by atoms with E-state index >= 15 is 0 Å². The number of sulfonamides is 1. The average molecular weight is 279 g/mol. The second-order valence-corrected chi connectivity index (χ2v) is 5.76. The Morgan fingerprint density at radius 1 is 1.41 bits per heavy atom. The lowest BCUT2D eigenvalue weighted by molar-refractivity contribution is -0.387. The third-order valence-corrected chi connectivity index (χ3v) is 3.72. The monoisotopic (exact) mass is 278 g/mol. The van der Waals surface area contributed by atoms with Crippen LogP contribution in [0.1, 0.15) is 13.8 Å². The molecule has 0 fully saturated rings. The van der Waals surface area contributed by atoms with Gasteiger partial charge >= 0.3 is 0 Å². The molecule has 1 N–H and O–H groups in total. The minimum atomic E-state index is -3.93. The zero-order valence-corrected chi connectivity index (χ0v) is 10.7. The van der Waals surface area contributed by atoms with Crippen molar-refractivity contribution in [2.24, 2.45) is 0 Å². The quantitative estimate of drug-likeness (QED) is 0.673. The van der Waals surface area contributed by atoms with Crippen molar-refractivity contribution in [3.8, 4) is 0 Å². The van der Waals surface area contributed by atoms with Gasteiger partial charge in [0.2, 0.25) is 10.0 Å². The number of nitro groups is 1. The van der Waals surface area contributed by atoms with Crippen LogP contribution in [0.25, 0.3) is 0 Å². The SMILES string of the molecule is CC(C)NS(=O)(=O)c1cc(Cl)ccc1[N+](=O)[O-]. The molecule has 0 saturated carbocycles. The molecule has 6 nitrogen and oxygen atoms in total. The van der Waals surface area contributed by atoms with E-state index in [1.807, 2.05) is 0 Å². The first-order valence-corrected chi connectivity index (χ1v) is 6.56. The second-order valence-electron chi connectivity index (χ2n) is 3.65. The summed E-state index contributed by atoms with van der Waals surface area (Å²) in [6.45, 7) is 3.24. The van der Waals surface area contributed by atoms with Crippen LogP contribution in [-0.4, -0.2) is 19.4 Å². The maximum absolute atomic E-state index is 11.8. The Kier molecular flexibility index (Phi) is 4.07. The van der Waals surface area contributed by atoms with Crippen molar-refractivity contribution in [2.45, 2.75) is 24.8 Å². The molecule has 0 atom stereocenters. The predicted octanol–water partition coefficient (Wildman–Crippen LogP) is 1.93. The molecule has 0 radical (unpaired) electrons. The Hall–Kier alpha value is -1.18. The van der Waals surface area contributed by atoms with E-state index in [0.29, 0.717) is 0 Å². The molecular formula is C9H11ClN2O4S. The number of benzene rings is 1. The first-order valence-electron chi connectivity index (χ1n) is 4.70.